The number of nitrogens with zero attached hydrogens (tertiary/aromatic N) is 4. The molecule has 2 saturated heterocycles. The van der Waals surface area contributed by atoms with Gasteiger partial charge in [0.1, 0.15) is 12.3 Å². The van der Waals surface area contributed by atoms with Gasteiger partial charge in [-0.3, -0.25) is 19.5 Å². The fourth-order valence-electron chi connectivity index (χ4n) is 4.10. The molecule has 2 aromatic heterocycles. The van der Waals surface area contributed by atoms with Crippen LogP contribution in [0.2, 0.25) is 0 Å². The third kappa shape index (κ3) is 8.69. The van der Waals surface area contributed by atoms with Crippen molar-refractivity contribution in [3.05, 3.63) is 48.7 Å². The molecule has 1 spiro atoms. The molecule has 0 aliphatic carbocycles. The molecule has 2 N–H and O–H groups in total. The lowest BCUT2D eigenvalue weighted by atomic mass is 9.92. The van der Waals surface area contributed by atoms with Crippen molar-refractivity contribution in [2.75, 3.05) is 31.1 Å². The van der Waals surface area contributed by atoms with Crippen LogP contribution in [0.15, 0.2) is 47.3 Å². The Morgan fingerprint density at radius 3 is 2.08 bits per heavy atom. The topological polar surface area (TPSA) is 144 Å². The third-order valence-electron chi connectivity index (χ3n) is 5.81. The number of anilines is 1. The van der Waals surface area contributed by atoms with E-state index in [1.807, 2.05) is 24.3 Å². The molecule has 0 radical (unpaired) electrons. The number of pyridine rings is 1. The van der Waals surface area contributed by atoms with Crippen LogP contribution in [0.5, 0.6) is 0 Å². The molecule has 1 unspecified atom stereocenters. The maximum atomic E-state index is 12.7. The first-order chi connectivity index (χ1) is 18.5. The van der Waals surface area contributed by atoms with Gasteiger partial charge in [-0.15, -0.1) is 0 Å². The minimum absolute atomic E-state index is 0.0518. The summed E-state index contributed by atoms with van der Waals surface area (Å²) < 4.78 is 68.9. The van der Waals surface area contributed by atoms with Crippen LogP contribution in [0.4, 0.5) is 32.0 Å². The lowest BCUT2D eigenvalue weighted by molar-refractivity contribution is -0.193. The molecule has 2 amide bonds. The molecule has 220 valence electrons. The number of likely N-dealkylation sites (tertiary alicyclic amines) is 1. The number of carbonyl (C=O) groups excluding carboxylic acids is 2. The molecule has 2 fully saturated rings. The van der Waals surface area contributed by atoms with Crippen molar-refractivity contribution < 1.29 is 60.2 Å². The highest BCUT2D eigenvalue weighted by molar-refractivity contribution is 5.98. The van der Waals surface area contributed by atoms with E-state index in [4.69, 9.17) is 24.2 Å². The van der Waals surface area contributed by atoms with Gasteiger partial charge in [-0.25, -0.2) is 9.59 Å². The molecule has 4 heterocycles. The fourth-order valence-corrected chi connectivity index (χ4v) is 4.10. The molecular formula is C23H24F6N4O7. The van der Waals surface area contributed by atoms with Crippen molar-refractivity contribution in [2.24, 2.45) is 0 Å². The van der Waals surface area contributed by atoms with Crippen LogP contribution in [0.3, 0.4) is 0 Å². The van der Waals surface area contributed by atoms with E-state index in [-0.39, 0.29) is 23.9 Å². The molecule has 4 rings (SSSR count). The van der Waals surface area contributed by atoms with Crippen LogP contribution in [-0.2, 0) is 25.7 Å². The average Bonchev–Trinajstić information content (AvgIpc) is 3.51. The van der Waals surface area contributed by atoms with Crippen molar-refractivity contribution in [1.82, 2.24) is 14.8 Å². The van der Waals surface area contributed by atoms with Crippen molar-refractivity contribution in [2.45, 2.75) is 37.8 Å². The number of amides is 2. The van der Waals surface area contributed by atoms with Crippen LogP contribution in [0.25, 0.3) is 0 Å². The summed E-state index contributed by atoms with van der Waals surface area (Å²) in [5.41, 5.74) is 0.409. The second-order valence-electron chi connectivity index (χ2n) is 8.67. The Bertz CT molecular complexity index is 1150. The van der Waals surface area contributed by atoms with E-state index in [9.17, 15) is 35.9 Å². The minimum atomic E-state index is -5.08. The molecule has 11 nitrogen and oxygen atoms in total. The second kappa shape index (κ2) is 12.8. The first-order valence-corrected chi connectivity index (χ1v) is 11.3. The van der Waals surface area contributed by atoms with E-state index in [0.717, 1.165) is 31.0 Å². The van der Waals surface area contributed by atoms with Crippen molar-refractivity contribution in [1.29, 1.82) is 0 Å². The number of carboxylic acid groups (broad SMARTS) is 2. The highest BCUT2D eigenvalue weighted by Gasteiger charge is 2.50. The first-order valence-electron chi connectivity index (χ1n) is 11.3. The third-order valence-corrected chi connectivity index (χ3v) is 5.81. The lowest BCUT2D eigenvalue weighted by Crippen LogP contribution is -2.66. The Morgan fingerprint density at radius 1 is 1.02 bits per heavy atom. The van der Waals surface area contributed by atoms with Gasteiger partial charge >= 0.3 is 24.3 Å². The Labute approximate surface area is 222 Å². The van der Waals surface area contributed by atoms with E-state index in [1.165, 1.54) is 0 Å². The van der Waals surface area contributed by atoms with Crippen LogP contribution in [0.1, 0.15) is 19.1 Å². The Hall–Kier alpha value is -4.15. The van der Waals surface area contributed by atoms with Gasteiger partial charge in [-0.05, 0) is 30.7 Å². The maximum absolute atomic E-state index is 12.7. The van der Waals surface area contributed by atoms with E-state index in [1.54, 1.807) is 35.4 Å². The van der Waals surface area contributed by atoms with Crippen molar-refractivity contribution >= 4 is 29.4 Å². The smallest absolute Gasteiger partial charge is 0.475 e. The molecule has 2 aromatic rings. The maximum Gasteiger partial charge on any atom is 0.490 e. The summed E-state index contributed by atoms with van der Waals surface area (Å²) in [7, 11) is 0. The van der Waals surface area contributed by atoms with Crippen LogP contribution in [0, 0.1) is 0 Å². The number of piperazine rings is 1. The predicted molar refractivity (Wildman–Crippen MR) is 123 cm³/mol. The number of halogens is 6. The summed E-state index contributed by atoms with van der Waals surface area (Å²) in [5.74, 6) is -4.72. The van der Waals surface area contributed by atoms with Crippen molar-refractivity contribution in [3.8, 4) is 0 Å². The SMILES string of the molecule is CC(=O)N1CC(=O)N(c2cccnc2)CC12CCN(Cc1ccco1)C2.O=C(O)C(F)(F)F.O=C(O)C(F)(F)F. The zero-order valence-corrected chi connectivity index (χ0v) is 20.8. The number of alkyl halides is 6. The largest absolute Gasteiger partial charge is 0.490 e. The Balaban J connectivity index is 0.000000333. The number of aliphatic carboxylic acids is 2. The van der Waals surface area contributed by atoms with Gasteiger partial charge in [0.25, 0.3) is 0 Å². The number of aromatic nitrogens is 1. The summed E-state index contributed by atoms with van der Waals surface area (Å²) in [6.07, 6.45) is -4.27. The second-order valence-corrected chi connectivity index (χ2v) is 8.67. The van der Waals surface area contributed by atoms with E-state index < -0.39 is 24.3 Å². The Kier molecular flexibility index (Phi) is 10.3. The molecule has 40 heavy (non-hydrogen) atoms. The highest BCUT2D eigenvalue weighted by atomic mass is 19.4. The monoisotopic (exact) mass is 582 g/mol. The van der Waals surface area contributed by atoms with E-state index >= 15 is 0 Å². The number of rotatable bonds is 3. The number of carbonyl (C=O) groups is 4. The van der Waals surface area contributed by atoms with Crippen LogP contribution >= 0.6 is 0 Å². The van der Waals surface area contributed by atoms with Gasteiger partial charge in [0, 0.05) is 26.2 Å². The highest BCUT2D eigenvalue weighted by Crippen LogP contribution is 2.35. The zero-order valence-electron chi connectivity index (χ0n) is 20.8. The molecule has 0 saturated carbocycles. The lowest BCUT2D eigenvalue weighted by Gasteiger charge is -2.48. The van der Waals surface area contributed by atoms with Crippen LogP contribution in [-0.4, -0.2) is 92.8 Å². The van der Waals surface area contributed by atoms with E-state index in [0.29, 0.717) is 13.1 Å². The van der Waals surface area contributed by atoms with Crippen LogP contribution < -0.4 is 4.90 Å². The molecule has 2 aliphatic rings. The number of hydrogen-bond acceptors (Lipinski definition) is 7. The van der Waals surface area contributed by atoms with Gasteiger partial charge in [-0.1, -0.05) is 0 Å². The number of furan rings is 1. The summed E-state index contributed by atoms with van der Waals surface area (Å²) in [5, 5.41) is 14.2. The minimum Gasteiger partial charge on any atom is -0.475 e. The Morgan fingerprint density at radius 2 is 1.62 bits per heavy atom. The number of hydrogen-bond donors (Lipinski definition) is 2. The molecule has 0 bridgehead atoms. The predicted octanol–water partition coefficient (Wildman–Crippen LogP) is 2.78. The summed E-state index contributed by atoms with van der Waals surface area (Å²) in [4.78, 5) is 52.7. The van der Waals surface area contributed by atoms with Gasteiger partial charge in [0.2, 0.25) is 11.8 Å². The van der Waals surface area contributed by atoms with Crippen molar-refractivity contribution in [3.63, 3.8) is 0 Å². The number of carboxylic acids is 2. The van der Waals surface area contributed by atoms with Gasteiger partial charge in [0.15, 0.2) is 0 Å². The first kappa shape index (κ1) is 32.1. The standard InChI is InChI=1S/C19H22N4O3.2C2HF3O2/c1-15(24)23-12-18(25)22(16-4-2-7-20-10-16)14-19(23)6-8-21(13-19)11-17-5-3-9-26-17;2*3-2(4,5)1(6)7/h2-5,7,9-10H,6,8,11-14H2,1H3;2*(H,6,7). The zero-order chi connectivity index (χ0) is 30.3. The molecule has 2 aliphatic heterocycles. The molecule has 17 heteroatoms. The van der Waals surface area contributed by atoms with E-state index in [2.05, 4.69) is 9.88 Å². The summed E-state index contributed by atoms with van der Waals surface area (Å²) in [6.45, 7) is 4.44. The van der Waals surface area contributed by atoms with Gasteiger partial charge in [0.05, 0.1) is 36.8 Å². The average molecular weight is 582 g/mol. The van der Waals surface area contributed by atoms with Gasteiger partial charge < -0.3 is 24.4 Å². The molecule has 0 aromatic carbocycles. The van der Waals surface area contributed by atoms with Gasteiger partial charge in [-0.2, -0.15) is 26.3 Å². The summed E-state index contributed by atoms with van der Waals surface area (Å²) in [6, 6.07) is 7.55. The normalized spacial score (nSPS) is 19.4. The molecular weight excluding hydrogens is 558 g/mol. The fraction of sp³-hybridized carbons (Fsp3) is 0.435. The molecule has 1 atom stereocenters. The quantitative estimate of drug-likeness (QED) is 0.522. The summed E-state index contributed by atoms with van der Waals surface area (Å²) >= 11 is 0.